The highest BCUT2D eigenvalue weighted by atomic mass is 16.5. The maximum Gasteiger partial charge on any atom is 0.224 e. The molecular weight excluding hydrogens is 316 g/mol. The zero-order valence-electron chi connectivity index (χ0n) is 14.9. The Morgan fingerprint density at radius 3 is 2.44 bits per heavy atom. The maximum atomic E-state index is 12.1. The molecule has 2 rings (SSSR count). The molecule has 0 spiro atoms. The van der Waals surface area contributed by atoms with E-state index in [9.17, 15) is 9.59 Å². The van der Waals surface area contributed by atoms with Gasteiger partial charge in [-0.2, -0.15) is 0 Å². The summed E-state index contributed by atoms with van der Waals surface area (Å²) in [5, 5.41) is 2.87. The summed E-state index contributed by atoms with van der Waals surface area (Å²) >= 11 is 0. The van der Waals surface area contributed by atoms with Gasteiger partial charge in [0.25, 0.3) is 0 Å². The van der Waals surface area contributed by atoms with E-state index < -0.39 is 0 Å². The van der Waals surface area contributed by atoms with E-state index in [4.69, 9.17) is 4.74 Å². The number of hydrogen-bond acceptors (Lipinski definition) is 3. The van der Waals surface area contributed by atoms with E-state index in [1.165, 1.54) is 6.92 Å². The highest BCUT2D eigenvalue weighted by Gasteiger charge is 2.12. The Balaban J connectivity index is 1.88. The fourth-order valence-corrected chi connectivity index (χ4v) is 2.61. The third-order valence-electron chi connectivity index (χ3n) is 3.87. The van der Waals surface area contributed by atoms with Gasteiger partial charge in [-0.15, -0.1) is 0 Å². The molecule has 2 aromatic carbocycles. The minimum absolute atomic E-state index is 0.0520. The van der Waals surface area contributed by atoms with Gasteiger partial charge in [0.05, 0.1) is 13.5 Å². The molecule has 0 saturated carbocycles. The Bertz CT molecular complexity index is 726. The molecule has 0 aliphatic carbocycles. The first-order valence-corrected chi connectivity index (χ1v) is 8.24. The SMILES string of the molecule is COc1ccc(N(CCNC(=O)Cc2cccc(C)c2)C(C)=O)cc1. The van der Waals surface area contributed by atoms with Gasteiger partial charge in [0.1, 0.15) is 5.75 Å². The third-order valence-corrected chi connectivity index (χ3v) is 3.87. The first-order chi connectivity index (χ1) is 12.0. The van der Waals surface area contributed by atoms with Crippen LogP contribution in [-0.4, -0.2) is 32.0 Å². The fraction of sp³-hybridized carbons (Fsp3) is 0.300. The molecule has 0 aliphatic rings. The number of nitrogens with one attached hydrogen (secondary N) is 1. The van der Waals surface area contributed by atoms with E-state index in [1.807, 2.05) is 55.5 Å². The van der Waals surface area contributed by atoms with Crippen molar-refractivity contribution in [1.82, 2.24) is 5.32 Å². The molecule has 0 fully saturated rings. The van der Waals surface area contributed by atoms with Crippen LogP contribution in [0, 0.1) is 6.92 Å². The Morgan fingerprint density at radius 2 is 1.84 bits per heavy atom. The van der Waals surface area contributed by atoms with Gasteiger partial charge >= 0.3 is 0 Å². The molecule has 0 bridgehead atoms. The summed E-state index contributed by atoms with van der Waals surface area (Å²) in [4.78, 5) is 25.6. The molecular formula is C20H24N2O3. The Labute approximate surface area is 148 Å². The second kappa shape index (κ2) is 8.87. The number of nitrogens with zero attached hydrogens (tertiary/aromatic N) is 1. The summed E-state index contributed by atoms with van der Waals surface area (Å²) in [7, 11) is 1.60. The number of anilines is 1. The van der Waals surface area contributed by atoms with Crippen LogP contribution in [0.2, 0.25) is 0 Å². The van der Waals surface area contributed by atoms with Crippen LogP contribution in [-0.2, 0) is 16.0 Å². The van der Waals surface area contributed by atoms with Gasteiger partial charge in [0, 0.05) is 25.7 Å². The summed E-state index contributed by atoms with van der Waals surface area (Å²) in [6.07, 6.45) is 0.338. The zero-order valence-corrected chi connectivity index (χ0v) is 14.9. The number of carbonyl (C=O) groups excluding carboxylic acids is 2. The van der Waals surface area contributed by atoms with E-state index in [2.05, 4.69) is 5.32 Å². The number of rotatable bonds is 7. The topological polar surface area (TPSA) is 58.6 Å². The molecule has 5 heteroatoms. The normalized spacial score (nSPS) is 10.2. The summed E-state index contributed by atoms with van der Waals surface area (Å²) in [5.74, 6) is 0.612. The maximum absolute atomic E-state index is 12.1. The van der Waals surface area contributed by atoms with Crippen LogP contribution in [0.1, 0.15) is 18.1 Å². The lowest BCUT2D eigenvalue weighted by molar-refractivity contribution is -0.121. The average Bonchev–Trinajstić information content (AvgIpc) is 2.58. The molecule has 1 N–H and O–H groups in total. The van der Waals surface area contributed by atoms with E-state index in [1.54, 1.807) is 12.0 Å². The van der Waals surface area contributed by atoms with Crippen LogP contribution in [0.15, 0.2) is 48.5 Å². The minimum atomic E-state index is -0.0712. The van der Waals surface area contributed by atoms with Gasteiger partial charge in [0.2, 0.25) is 11.8 Å². The lowest BCUT2D eigenvalue weighted by Crippen LogP contribution is -2.38. The summed E-state index contributed by atoms with van der Waals surface area (Å²) in [5.41, 5.74) is 2.89. The molecule has 5 nitrogen and oxygen atoms in total. The first-order valence-electron chi connectivity index (χ1n) is 8.24. The van der Waals surface area contributed by atoms with E-state index >= 15 is 0 Å². The number of benzene rings is 2. The number of ether oxygens (including phenoxy) is 1. The Morgan fingerprint density at radius 1 is 1.12 bits per heavy atom. The smallest absolute Gasteiger partial charge is 0.224 e. The lowest BCUT2D eigenvalue weighted by atomic mass is 10.1. The monoisotopic (exact) mass is 340 g/mol. The third kappa shape index (κ3) is 5.64. The van der Waals surface area contributed by atoms with Crippen molar-refractivity contribution in [3.63, 3.8) is 0 Å². The zero-order chi connectivity index (χ0) is 18.2. The van der Waals surface area contributed by atoms with Crippen molar-refractivity contribution in [2.75, 3.05) is 25.1 Å². The Hall–Kier alpha value is -2.82. The van der Waals surface area contributed by atoms with Crippen LogP contribution < -0.4 is 15.0 Å². The molecule has 2 amide bonds. The standard InChI is InChI=1S/C20H24N2O3/c1-15-5-4-6-17(13-15)14-20(24)21-11-12-22(16(2)23)18-7-9-19(25-3)10-8-18/h4-10,13H,11-12,14H2,1-3H3,(H,21,24). The van der Waals surface area contributed by atoms with Gasteiger partial charge in [-0.25, -0.2) is 0 Å². The van der Waals surface area contributed by atoms with Crippen molar-refractivity contribution in [1.29, 1.82) is 0 Å². The number of methoxy groups -OCH3 is 1. The largest absolute Gasteiger partial charge is 0.497 e. The summed E-state index contributed by atoms with van der Waals surface area (Å²) in [6, 6.07) is 15.2. The van der Waals surface area contributed by atoms with Gasteiger partial charge in [-0.1, -0.05) is 29.8 Å². The minimum Gasteiger partial charge on any atom is -0.497 e. The van der Waals surface area contributed by atoms with Crippen molar-refractivity contribution in [2.45, 2.75) is 20.3 Å². The van der Waals surface area contributed by atoms with Crippen molar-refractivity contribution >= 4 is 17.5 Å². The van der Waals surface area contributed by atoms with Gasteiger partial charge in [-0.3, -0.25) is 9.59 Å². The second-order valence-electron chi connectivity index (χ2n) is 5.88. The highest BCUT2D eigenvalue weighted by molar-refractivity contribution is 5.91. The van der Waals surface area contributed by atoms with Crippen molar-refractivity contribution < 1.29 is 14.3 Å². The Kier molecular flexibility index (Phi) is 6.57. The molecule has 0 saturated heterocycles. The first kappa shape index (κ1) is 18.5. The molecule has 0 unspecified atom stereocenters. The molecule has 0 radical (unpaired) electrons. The molecule has 0 heterocycles. The quantitative estimate of drug-likeness (QED) is 0.843. The predicted octanol–water partition coefficient (Wildman–Crippen LogP) is 2.72. The molecule has 25 heavy (non-hydrogen) atoms. The van der Waals surface area contributed by atoms with Gasteiger partial charge in [0.15, 0.2) is 0 Å². The van der Waals surface area contributed by atoms with Gasteiger partial charge < -0.3 is 15.0 Å². The molecule has 132 valence electrons. The van der Waals surface area contributed by atoms with Crippen molar-refractivity contribution in [3.8, 4) is 5.75 Å². The highest BCUT2D eigenvalue weighted by Crippen LogP contribution is 2.19. The molecule has 0 aliphatic heterocycles. The fourth-order valence-electron chi connectivity index (χ4n) is 2.61. The van der Waals surface area contributed by atoms with Crippen LogP contribution in [0.5, 0.6) is 5.75 Å². The van der Waals surface area contributed by atoms with Crippen molar-refractivity contribution in [2.24, 2.45) is 0 Å². The average molecular weight is 340 g/mol. The second-order valence-corrected chi connectivity index (χ2v) is 5.88. The van der Waals surface area contributed by atoms with Crippen LogP contribution in [0.4, 0.5) is 5.69 Å². The van der Waals surface area contributed by atoms with Crippen LogP contribution >= 0.6 is 0 Å². The number of aryl methyl sites for hydroxylation is 1. The van der Waals surface area contributed by atoms with E-state index in [0.717, 1.165) is 22.6 Å². The van der Waals surface area contributed by atoms with Crippen molar-refractivity contribution in [3.05, 3.63) is 59.7 Å². The number of hydrogen-bond donors (Lipinski definition) is 1. The summed E-state index contributed by atoms with van der Waals surface area (Å²) < 4.78 is 5.13. The van der Waals surface area contributed by atoms with Crippen LogP contribution in [0.25, 0.3) is 0 Å². The van der Waals surface area contributed by atoms with E-state index in [0.29, 0.717) is 19.5 Å². The number of carbonyl (C=O) groups is 2. The van der Waals surface area contributed by atoms with Crippen LogP contribution in [0.3, 0.4) is 0 Å². The molecule has 0 aromatic heterocycles. The lowest BCUT2D eigenvalue weighted by Gasteiger charge is -2.21. The number of amides is 2. The van der Waals surface area contributed by atoms with E-state index in [-0.39, 0.29) is 11.8 Å². The molecule has 0 atom stereocenters. The molecule has 2 aromatic rings. The predicted molar refractivity (Wildman–Crippen MR) is 98.9 cm³/mol. The van der Waals surface area contributed by atoms with Gasteiger partial charge in [-0.05, 0) is 36.8 Å². The summed E-state index contributed by atoms with van der Waals surface area (Å²) in [6.45, 7) is 4.33.